The molecular formula is C30H29NO11. The van der Waals surface area contributed by atoms with E-state index in [2.05, 4.69) is 5.32 Å². The van der Waals surface area contributed by atoms with E-state index in [0.717, 1.165) is 0 Å². The predicted molar refractivity (Wildman–Crippen MR) is 151 cm³/mol. The molecule has 4 rings (SSSR count). The molecule has 2 aromatic heterocycles. The second-order valence-electron chi connectivity index (χ2n) is 8.67. The quantitative estimate of drug-likeness (QED) is 0.245. The Hall–Kier alpha value is -5.26. The number of hydrogen-bond acceptors (Lipinski definition) is 11. The van der Waals surface area contributed by atoms with Gasteiger partial charge in [-0.05, 0) is 51.1 Å². The van der Waals surface area contributed by atoms with E-state index >= 15 is 0 Å². The van der Waals surface area contributed by atoms with Gasteiger partial charge in [0, 0.05) is 5.56 Å². The summed E-state index contributed by atoms with van der Waals surface area (Å²) in [4.78, 5) is 51.7. The minimum atomic E-state index is -0.889. The van der Waals surface area contributed by atoms with Gasteiger partial charge in [0.2, 0.25) is 17.1 Å². The molecule has 0 atom stereocenters. The first-order chi connectivity index (χ1) is 20.2. The lowest BCUT2D eigenvalue weighted by Gasteiger charge is -2.13. The van der Waals surface area contributed by atoms with Gasteiger partial charge in [-0.2, -0.15) is 0 Å². The van der Waals surface area contributed by atoms with E-state index in [0.29, 0.717) is 22.6 Å². The highest BCUT2D eigenvalue weighted by Gasteiger charge is 2.31. The first kappa shape index (κ1) is 29.7. The largest absolute Gasteiger partial charge is 0.493 e. The fraction of sp³-hybridized carbons (Fsp3) is 0.267. The number of benzene rings is 2. The molecule has 0 aliphatic rings. The number of hydrogen-bond donors (Lipinski definition) is 1. The van der Waals surface area contributed by atoms with Crippen molar-refractivity contribution < 1.29 is 46.9 Å². The molecule has 42 heavy (non-hydrogen) atoms. The molecule has 1 N–H and O–H groups in total. The third-order valence-electron chi connectivity index (χ3n) is 6.05. The van der Waals surface area contributed by atoms with Gasteiger partial charge in [0.25, 0.3) is 5.91 Å². The smallest absolute Gasteiger partial charge is 0.344 e. The van der Waals surface area contributed by atoms with Crippen molar-refractivity contribution >= 4 is 34.7 Å². The van der Waals surface area contributed by atoms with Crippen LogP contribution in [0.2, 0.25) is 0 Å². The Morgan fingerprint density at radius 2 is 1.52 bits per heavy atom. The molecule has 0 unspecified atom stereocenters. The number of aryl methyl sites for hydroxylation is 1. The number of amides is 1. The lowest BCUT2D eigenvalue weighted by molar-refractivity contribution is -0.118. The summed E-state index contributed by atoms with van der Waals surface area (Å²) in [6.07, 6.45) is 0. The molecule has 0 radical (unpaired) electrons. The monoisotopic (exact) mass is 579 g/mol. The number of nitrogens with one attached hydrogen (secondary N) is 1. The van der Waals surface area contributed by atoms with Crippen molar-refractivity contribution in [1.29, 1.82) is 0 Å². The van der Waals surface area contributed by atoms with Crippen molar-refractivity contribution in [2.24, 2.45) is 0 Å². The number of rotatable bonds is 11. The van der Waals surface area contributed by atoms with Crippen molar-refractivity contribution in [3.05, 3.63) is 69.6 Å². The molecular weight excluding hydrogens is 550 g/mol. The molecule has 0 aliphatic carbocycles. The van der Waals surface area contributed by atoms with Crippen molar-refractivity contribution in [1.82, 2.24) is 0 Å². The number of esters is 2. The van der Waals surface area contributed by atoms with Crippen LogP contribution in [0.15, 0.2) is 56.1 Å². The van der Waals surface area contributed by atoms with Crippen LogP contribution in [0.3, 0.4) is 0 Å². The third-order valence-corrected chi connectivity index (χ3v) is 6.05. The number of carbonyl (C=O) groups excluding carboxylic acids is 3. The van der Waals surface area contributed by atoms with Crippen LogP contribution in [0.4, 0.5) is 5.88 Å². The average molecular weight is 580 g/mol. The summed E-state index contributed by atoms with van der Waals surface area (Å²) in [5.74, 6) is -2.12. The number of furan rings is 1. The van der Waals surface area contributed by atoms with Gasteiger partial charge >= 0.3 is 11.9 Å². The molecule has 0 fully saturated rings. The van der Waals surface area contributed by atoms with Crippen molar-refractivity contribution in [3.63, 3.8) is 0 Å². The Morgan fingerprint density at radius 1 is 0.857 bits per heavy atom. The van der Waals surface area contributed by atoms with E-state index in [1.807, 2.05) is 0 Å². The summed E-state index contributed by atoms with van der Waals surface area (Å²) in [5, 5.41) is 2.66. The SMILES string of the molecule is CCOC(=O)c1c(C)oc(NC(=O)COc2c(-c3ccc(OC)c(OC)c3)oc3ccccc3c2=O)c1C(=O)OCC. The highest BCUT2D eigenvalue weighted by Crippen LogP contribution is 2.37. The van der Waals surface area contributed by atoms with Crippen LogP contribution in [-0.4, -0.2) is 51.9 Å². The van der Waals surface area contributed by atoms with E-state index in [1.165, 1.54) is 21.1 Å². The first-order valence-corrected chi connectivity index (χ1v) is 12.9. The molecule has 220 valence electrons. The van der Waals surface area contributed by atoms with Gasteiger partial charge in [0.05, 0.1) is 32.8 Å². The van der Waals surface area contributed by atoms with E-state index in [4.69, 9.17) is 32.5 Å². The Balaban J connectivity index is 1.69. The van der Waals surface area contributed by atoms with Gasteiger partial charge in [-0.25, -0.2) is 9.59 Å². The summed E-state index contributed by atoms with van der Waals surface area (Å²) in [6.45, 7) is 4.02. The molecule has 1 amide bonds. The number of fused-ring (bicyclic) bond motifs is 1. The zero-order valence-electron chi connectivity index (χ0n) is 23.7. The summed E-state index contributed by atoms with van der Waals surface area (Å²) in [6, 6.07) is 11.5. The Morgan fingerprint density at radius 3 is 2.19 bits per heavy atom. The lowest BCUT2D eigenvalue weighted by Crippen LogP contribution is -2.24. The average Bonchev–Trinajstić information content (AvgIpc) is 3.31. The molecule has 0 spiro atoms. The topological polar surface area (TPSA) is 153 Å². The Bertz CT molecular complexity index is 1700. The third kappa shape index (κ3) is 5.92. The number of carbonyl (C=O) groups is 3. The van der Waals surface area contributed by atoms with Gasteiger partial charge < -0.3 is 32.5 Å². The minimum absolute atomic E-state index is 0.0124. The maximum Gasteiger partial charge on any atom is 0.344 e. The summed E-state index contributed by atoms with van der Waals surface area (Å²) in [7, 11) is 2.96. The van der Waals surface area contributed by atoms with Gasteiger partial charge in [0.15, 0.2) is 23.9 Å². The molecule has 0 saturated heterocycles. The standard InChI is InChI=1S/C30H29NO11/c1-6-38-29(34)23-16(3)41-28(24(23)30(35)39-7-2)31-22(32)15-40-27-25(33)18-10-8-9-11-19(18)42-26(27)17-12-13-20(36-4)21(14-17)37-5/h8-14H,6-7,15H2,1-5H3,(H,31,32). The molecule has 2 heterocycles. The zero-order valence-corrected chi connectivity index (χ0v) is 23.7. The van der Waals surface area contributed by atoms with E-state index < -0.39 is 29.9 Å². The van der Waals surface area contributed by atoms with Crippen LogP contribution < -0.4 is 25.0 Å². The number of para-hydroxylation sites is 1. The number of ether oxygens (including phenoxy) is 5. The van der Waals surface area contributed by atoms with Crippen LogP contribution in [0.25, 0.3) is 22.3 Å². The summed E-state index contributed by atoms with van der Waals surface area (Å²) in [5.41, 5.74) is -0.244. The molecule has 4 aromatic rings. The van der Waals surface area contributed by atoms with Crippen molar-refractivity contribution in [2.75, 3.05) is 39.4 Å². The van der Waals surface area contributed by atoms with Gasteiger partial charge in [0.1, 0.15) is 22.5 Å². The second-order valence-corrected chi connectivity index (χ2v) is 8.67. The van der Waals surface area contributed by atoms with Crippen molar-refractivity contribution in [2.45, 2.75) is 20.8 Å². The number of anilines is 1. The van der Waals surface area contributed by atoms with Crippen LogP contribution in [0.1, 0.15) is 40.3 Å². The van der Waals surface area contributed by atoms with Crippen LogP contribution >= 0.6 is 0 Å². The lowest BCUT2D eigenvalue weighted by atomic mass is 10.1. The van der Waals surface area contributed by atoms with Gasteiger partial charge in [-0.15, -0.1) is 0 Å². The second kappa shape index (κ2) is 12.9. The fourth-order valence-electron chi connectivity index (χ4n) is 4.20. The molecule has 12 heteroatoms. The molecule has 2 aromatic carbocycles. The predicted octanol–water partition coefficient (Wildman–Crippen LogP) is 4.75. The zero-order chi connectivity index (χ0) is 30.4. The van der Waals surface area contributed by atoms with E-state index in [9.17, 15) is 19.2 Å². The van der Waals surface area contributed by atoms with Crippen LogP contribution in [-0.2, 0) is 14.3 Å². The van der Waals surface area contributed by atoms with E-state index in [1.54, 1.807) is 56.3 Å². The first-order valence-electron chi connectivity index (χ1n) is 12.9. The van der Waals surface area contributed by atoms with Crippen molar-refractivity contribution in [3.8, 4) is 28.6 Å². The van der Waals surface area contributed by atoms with Crippen LogP contribution in [0, 0.1) is 6.92 Å². The summed E-state index contributed by atoms with van der Waals surface area (Å²) >= 11 is 0. The molecule has 12 nitrogen and oxygen atoms in total. The molecule has 0 bridgehead atoms. The molecule has 0 aliphatic heterocycles. The van der Waals surface area contributed by atoms with Gasteiger partial charge in [-0.3, -0.25) is 14.9 Å². The minimum Gasteiger partial charge on any atom is -0.493 e. The van der Waals surface area contributed by atoms with E-state index in [-0.39, 0.29) is 52.9 Å². The highest BCUT2D eigenvalue weighted by molar-refractivity contribution is 6.09. The number of methoxy groups -OCH3 is 2. The fourth-order valence-corrected chi connectivity index (χ4v) is 4.20. The Labute approximate surface area is 240 Å². The van der Waals surface area contributed by atoms with Crippen LogP contribution in [0.5, 0.6) is 17.2 Å². The normalized spacial score (nSPS) is 10.7. The summed E-state index contributed by atoms with van der Waals surface area (Å²) < 4.78 is 38.1. The highest BCUT2D eigenvalue weighted by atomic mass is 16.5. The maximum atomic E-state index is 13.5. The molecule has 0 saturated carbocycles. The van der Waals surface area contributed by atoms with Gasteiger partial charge in [-0.1, -0.05) is 12.1 Å². The Kier molecular flexibility index (Phi) is 9.15. The maximum absolute atomic E-state index is 13.5.